The molecule has 1 saturated carbocycles. The van der Waals surface area contributed by atoms with Gasteiger partial charge < -0.3 is 20.5 Å². The van der Waals surface area contributed by atoms with Gasteiger partial charge in [-0.1, -0.05) is 18.0 Å². The van der Waals surface area contributed by atoms with Gasteiger partial charge in [0.15, 0.2) is 11.5 Å². The average molecular weight is 325 g/mol. The highest BCUT2D eigenvalue weighted by Gasteiger charge is 2.27. The van der Waals surface area contributed by atoms with Crippen LogP contribution >= 0.6 is 11.6 Å². The summed E-state index contributed by atoms with van der Waals surface area (Å²) in [4.78, 5) is 12.2. The van der Waals surface area contributed by atoms with E-state index in [0.29, 0.717) is 42.2 Å². The predicted octanol–water partition coefficient (Wildman–Crippen LogP) is 1.90. The first-order valence-corrected chi connectivity index (χ1v) is 8.12. The molecule has 3 N–H and O–H groups in total. The predicted molar refractivity (Wildman–Crippen MR) is 84.5 cm³/mol. The zero-order valence-corrected chi connectivity index (χ0v) is 13.2. The summed E-state index contributed by atoms with van der Waals surface area (Å²) in [6.45, 7) is 1.62. The van der Waals surface area contributed by atoms with Crippen LogP contribution in [0.2, 0.25) is 5.02 Å². The number of benzene rings is 1. The van der Waals surface area contributed by atoms with E-state index in [9.17, 15) is 4.79 Å². The quantitative estimate of drug-likeness (QED) is 0.887. The molecule has 0 aromatic heterocycles. The monoisotopic (exact) mass is 324 g/mol. The Balaban J connectivity index is 1.65. The molecule has 0 radical (unpaired) electrons. The molecule has 1 aliphatic carbocycles. The van der Waals surface area contributed by atoms with E-state index in [2.05, 4.69) is 5.32 Å². The molecule has 0 spiro atoms. The lowest BCUT2D eigenvalue weighted by atomic mass is 10.0. The first-order valence-electron chi connectivity index (χ1n) is 7.75. The van der Waals surface area contributed by atoms with Crippen LogP contribution in [0.15, 0.2) is 12.1 Å². The fraction of sp³-hybridized carbons (Fsp3) is 0.562. The molecule has 3 rings (SSSR count). The van der Waals surface area contributed by atoms with Gasteiger partial charge in [0.05, 0.1) is 11.4 Å². The largest absolute Gasteiger partial charge is 0.486 e. The second-order valence-corrected chi connectivity index (χ2v) is 6.29. The van der Waals surface area contributed by atoms with E-state index in [1.165, 1.54) is 0 Å². The molecule has 2 atom stereocenters. The fourth-order valence-corrected chi connectivity index (χ4v) is 3.51. The lowest BCUT2D eigenvalue weighted by molar-refractivity contribution is -0.121. The Hall–Kier alpha value is -1.46. The normalized spacial score (nSPS) is 23.4. The van der Waals surface area contributed by atoms with E-state index in [0.717, 1.165) is 24.8 Å². The fourth-order valence-electron chi connectivity index (χ4n) is 3.22. The lowest BCUT2D eigenvalue weighted by Gasteiger charge is -2.21. The van der Waals surface area contributed by atoms with Gasteiger partial charge in [-0.05, 0) is 43.0 Å². The van der Waals surface area contributed by atoms with Crippen molar-refractivity contribution in [2.45, 2.75) is 31.7 Å². The van der Waals surface area contributed by atoms with E-state index in [1.807, 2.05) is 6.07 Å². The summed E-state index contributed by atoms with van der Waals surface area (Å²) in [5.41, 5.74) is 6.58. The molecule has 0 bridgehead atoms. The van der Waals surface area contributed by atoms with Crippen LogP contribution in [0.4, 0.5) is 0 Å². The number of nitrogens with two attached hydrogens (primary N) is 1. The van der Waals surface area contributed by atoms with Crippen molar-refractivity contribution in [1.29, 1.82) is 0 Å². The van der Waals surface area contributed by atoms with Crippen LogP contribution in [0, 0.1) is 5.92 Å². The minimum absolute atomic E-state index is 0.00176. The van der Waals surface area contributed by atoms with Crippen LogP contribution in [-0.4, -0.2) is 31.7 Å². The number of carbonyl (C=O) groups is 1. The minimum Gasteiger partial charge on any atom is -0.486 e. The highest BCUT2D eigenvalue weighted by Crippen LogP contribution is 2.38. The Labute approximate surface area is 135 Å². The molecule has 2 aliphatic rings. The number of halogens is 1. The van der Waals surface area contributed by atoms with Crippen LogP contribution in [0.25, 0.3) is 0 Å². The van der Waals surface area contributed by atoms with Gasteiger partial charge in [-0.2, -0.15) is 0 Å². The van der Waals surface area contributed by atoms with Gasteiger partial charge in [0.2, 0.25) is 5.91 Å². The number of fused-ring (bicyclic) bond motifs is 1. The number of nitrogens with one attached hydrogen (secondary N) is 1. The Kier molecular flexibility index (Phi) is 4.74. The molecule has 6 heteroatoms. The van der Waals surface area contributed by atoms with Crippen molar-refractivity contribution < 1.29 is 14.3 Å². The Morgan fingerprint density at radius 2 is 2.14 bits per heavy atom. The summed E-state index contributed by atoms with van der Waals surface area (Å²) in [5, 5.41) is 3.58. The zero-order valence-electron chi connectivity index (χ0n) is 12.4. The maximum absolute atomic E-state index is 12.2. The summed E-state index contributed by atoms with van der Waals surface area (Å²) < 4.78 is 11.0. The highest BCUT2D eigenvalue weighted by atomic mass is 35.5. The van der Waals surface area contributed by atoms with Crippen molar-refractivity contribution in [1.82, 2.24) is 5.32 Å². The molecule has 1 fully saturated rings. The van der Waals surface area contributed by atoms with Crippen LogP contribution < -0.4 is 20.5 Å². The van der Waals surface area contributed by atoms with Gasteiger partial charge in [0.1, 0.15) is 13.2 Å². The first-order chi connectivity index (χ1) is 10.7. The smallest absolute Gasteiger partial charge is 0.224 e. The number of carbonyl (C=O) groups excluding carboxylic acids is 1. The van der Waals surface area contributed by atoms with Crippen molar-refractivity contribution >= 4 is 17.5 Å². The van der Waals surface area contributed by atoms with E-state index >= 15 is 0 Å². The number of ether oxygens (including phenoxy) is 2. The van der Waals surface area contributed by atoms with Crippen molar-refractivity contribution in [3.8, 4) is 11.5 Å². The van der Waals surface area contributed by atoms with Gasteiger partial charge in [-0.25, -0.2) is 0 Å². The summed E-state index contributed by atoms with van der Waals surface area (Å²) in [5.74, 6) is 1.57. The molecular formula is C16H21ClN2O3. The van der Waals surface area contributed by atoms with Crippen molar-refractivity contribution in [3.05, 3.63) is 22.7 Å². The van der Waals surface area contributed by atoms with E-state index < -0.39 is 0 Å². The Morgan fingerprint density at radius 1 is 1.32 bits per heavy atom. The van der Waals surface area contributed by atoms with Crippen LogP contribution in [0.3, 0.4) is 0 Å². The lowest BCUT2D eigenvalue weighted by Crippen LogP contribution is -2.40. The molecule has 1 aromatic rings. The molecular weight excluding hydrogens is 304 g/mol. The summed E-state index contributed by atoms with van der Waals surface area (Å²) in [6.07, 6.45) is 3.51. The van der Waals surface area contributed by atoms with Gasteiger partial charge in [0, 0.05) is 6.04 Å². The molecule has 22 heavy (non-hydrogen) atoms. The van der Waals surface area contributed by atoms with E-state index in [4.69, 9.17) is 26.8 Å². The van der Waals surface area contributed by atoms with Crippen molar-refractivity contribution in [2.75, 3.05) is 19.8 Å². The molecule has 0 saturated heterocycles. The van der Waals surface area contributed by atoms with Crippen LogP contribution in [-0.2, 0) is 11.2 Å². The third-order valence-electron chi connectivity index (χ3n) is 4.33. The van der Waals surface area contributed by atoms with E-state index in [1.54, 1.807) is 6.07 Å². The number of rotatable bonds is 4. The third-order valence-corrected chi connectivity index (χ3v) is 4.61. The Morgan fingerprint density at radius 3 is 2.95 bits per heavy atom. The van der Waals surface area contributed by atoms with E-state index in [-0.39, 0.29) is 18.4 Å². The molecule has 2 unspecified atom stereocenters. The minimum atomic E-state index is -0.00176. The van der Waals surface area contributed by atoms with Gasteiger partial charge in [-0.15, -0.1) is 0 Å². The molecule has 1 aliphatic heterocycles. The maximum Gasteiger partial charge on any atom is 0.224 e. The number of hydrogen-bond acceptors (Lipinski definition) is 4. The zero-order chi connectivity index (χ0) is 15.5. The SMILES string of the molecule is NCC1CCCC1NC(=O)Cc1cc(Cl)c2c(c1)OCCO2. The topological polar surface area (TPSA) is 73.6 Å². The number of hydrogen-bond donors (Lipinski definition) is 2. The second kappa shape index (κ2) is 6.75. The molecule has 120 valence electrons. The summed E-state index contributed by atoms with van der Waals surface area (Å²) in [6, 6.07) is 3.80. The first kappa shape index (κ1) is 15.4. The third kappa shape index (κ3) is 3.31. The van der Waals surface area contributed by atoms with Gasteiger partial charge in [-0.3, -0.25) is 4.79 Å². The highest BCUT2D eigenvalue weighted by molar-refractivity contribution is 6.32. The molecule has 1 heterocycles. The summed E-state index contributed by atoms with van der Waals surface area (Å²) in [7, 11) is 0. The molecule has 1 amide bonds. The second-order valence-electron chi connectivity index (χ2n) is 5.88. The van der Waals surface area contributed by atoms with Crippen molar-refractivity contribution in [3.63, 3.8) is 0 Å². The van der Waals surface area contributed by atoms with Crippen LogP contribution in [0.1, 0.15) is 24.8 Å². The maximum atomic E-state index is 12.2. The Bertz CT molecular complexity index is 565. The average Bonchev–Trinajstić information content (AvgIpc) is 2.94. The molecule has 5 nitrogen and oxygen atoms in total. The van der Waals surface area contributed by atoms with Crippen molar-refractivity contribution in [2.24, 2.45) is 11.7 Å². The van der Waals surface area contributed by atoms with Gasteiger partial charge in [0.25, 0.3) is 0 Å². The summed E-state index contributed by atoms with van der Waals surface area (Å²) >= 11 is 6.19. The number of amides is 1. The van der Waals surface area contributed by atoms with Crippen LogP contribution in [0.5, 0.6) is 11.5 Å². The molecule has 1 aromatic carbocycles. The van der Waals surface area contributed by atoms with Gasteiger partial charge >= 0.3 is 0 Å². The standard InChI is InChI=1S/C16H21ClN2O3/c17-12-6-10(7-14-16(12)22-5-4-21-14)8-15(20)19-13-3-1-2-11(13)9-18/h6-7,11,13H,1-5,8-9,18H2,(H,19,20).